The predicted molar refractivity (Wildman–Crippen MR) is 124 cm³/mol. The van der Waals surface area contributed by atoms with Crippen LogP contribution >= 0.6 is 23.2 Å². The number of hydrogen-bond donors (Lipinski definition) is 1. The minimum atomic E-state index is -0.806. The Kier molecular flexibility index (Phi) is 10.3. The van der Waals surface area contributed by atoms with Crippen LogP contribution < -0.4 is 14.8 Å². The summed E-state index contributed by atoms with van der Waals surface area (Å²) in [6.07, 6.45) is 8.70. The number of halogens is 2. The molecule has 0 bridgehead atoms. The molecule has 1 atom stereocenters. The summed E-state index contributed by atoms with van der Waals surface area (Å²) in [7, 11) is 1.56. The zero-order chi connectivity index (χ0) is 22.6. The average Bonchev–Trinajstić information content (AvgIpc) is 2.77. The molecule has 0 saturated heterocycles. The van der Waals surface area contributed by atoms with Crippen LogP contribution in [0.25, 0.3) is 0 Å². The molecule has 0 aliphatic rings. The zero-order valence-corrected chi connectivity index (χ0v) is 19.0. The lowest BCUT2D eigenvalue weighted by Gasteiger charge is -2.18. The van der Waals surface area contributed by atoms with Crippen LogP contribution in [0.5, 0.6) is 11.5 Å². The second kappa shape index (κ2) is 12.9. The van der Waals surface area contributed by atoms with Gasteiger partial charge in [-0.1, -0.05) is 53.4 Å². The van der Waals surface area contributed by atoms with E-state index in [4.69, 9.17) is 43.8 Å². The van der Waals surface area contributed by atoms with E-state index in [1.54, 1.807) is 31.4 Å². The van der Waals surface area contributed by atoms with Gasteiger partial charge in [-0.3, -0.25) is 4.79 Å². The number of rotatable bonds is 11. The Morgan fingerprint density at radius 3 is 2.68 bits per heavy atom. The van der Waals surface area contributed by atoms with Crippen molar-refractivity contribution in [1.82, 2.24) is 5.32 Å². The van der Waals surface area contributed by atoms with Crippen LogP contribution in [-0.4, -0.2) is 32.8 Å². The molecule has 0 fully saturated rings. The molecule has 2 aromatic carbocycles. The smallest absolute Gasteiger partial charge is 0.253 e. The van der Waals surface area contributed by atoms with Crippen molar-refractivity contribution >= 4 is 29.1 Å². The maximum atomic E-state index is 12.8. The fourth-order valence-corrected chi connectivity index (χ4v) is 3.08. The van der Waals surface area contributed by atoms with Crippen LogP contribution in [-0.2, 0) is 16.0 Å². The fraction of sp³-hybridized carbons (Fsp3) is 0.292. The molecule has 0 saturated carbocycles. The lowest BCUT2D eigenvalue weighted by Crippen LogP contribution is -2.32. The van der Waals surface area contributed by atoms with E-state index in [1.807, 2.05) is 31.2 Å². The lowest BCUT2D eigenvalue weighted by molar-refractivity contribution is -0.132. The van der Waals surface area contributed by atoms with Crippen molar-refractivity contribution in [1.29, 1.82) is 0 Å². The molecule has 0 spiro atoms. The summed E-state index contributed by atoms with van der Waals surface area (Å²) in [5.41, 5.74) is 1.61. The van der Waals surface area contributed by atoms with Crippen molar-refractivity contribution in [2.24, 2.45) is 0 Å². The van der Waals surface area contributed by atoms with Crippen molar-refractivity contribution in [3.05, 3.63) is 69.7 Å². The van der Waals surface area contributed by atoms with Crippen LogP contribution in [0.1, 0.15) is 24.2 Å². The maximum absolute atomic E-state index is 12.8. The van der Waals surface area contributed by atoms with E-state index in [9.17, 15) is 4.79 Å². The Labute approximate surface area is 193 Å². The fourth-order valence-electron chi connectivity index (χ4n) is 2.78. The molecule has 1 N–H and O–H groups in total. The van der Waals surface area contributed by atoms with E-state index in [0.29, 0.717) is 46.7 Å². The molecule has 5 nitrogen and oxygen atoms in total. The third-order valence-corrected chi connectivity index (χ3v) is 5.07. The van der Waals surface area contributed by atoms with Crippen molar-refractivity contribution in [3.63, 3.8) is 0 Å². The molecular weight excluding hydrogens is 437 g/mol. The SMILES string of the molecule is C#CCOc1ccc(CCNC(=O)C(OC/C=C/C)c2ccc(Cl)c(Cl)c2)cc1OC. The molecule has 0 aromatic heterocycles. The van der Waals surface area contributed by atoms with E-state index in [-0.39, 0.29) is 12.5 Å². The van der Waals surface area contributed by atoms with Crippen molar-refractivity contribution in [2.75, 3.05) is 26.9 Å². The first-order chi connectivity index (χ1) is 15.0. The number of carbonyl (C=O) groups is 1. The number of amides is 1. The first-order valence-electron chi connectivity index (χ1n) is 9.68. The second-order valence-corrected chi connectivity index (χ2v) is 7.29. The van der Waals surface area contributed by atoms with Gasteiger partial charge in [-0.15, -0.1) is 6.42 Å². The number of carbonyl (C=O) groups excluding carboxylic acids is 1. The highest BCUT2D eigenvalue weighted by atomic mass is 35.5. The largest absolute Gasteiger partial charge is 0.493 e. The van der Waals surface area contributed by atoms with E-state index >= 15 is 0 Å². The minimum Gasteiger partial charge on any atom is -0.493 e. The summed E-state index contributed by atoms with van der Waals surface area (Å²) in [6.45, 7) is 2.76. The molecule has 0 heterocycles. The molecule has 0 aliphatic carbocycles. The number of hydrogen-bond acceptors (Lipinski definition) is 4. The van der Waals surface area contributed by atoms with Gasteiger partial charge in [0.15, 0.2) is 17.6 Å². The molecule has 1 unspecified atom stereocenters. The molecule has 7 heteroatoms. The quantitative estimate of drug-likeness (QED) is 0.377. The number of allylic oxidation sites excluding steroid dienone is 1. The third-order valence-electron chi connectivity index (χ3n) is 4.33. The Balaban J connectivity index is 2.03. The molecule has 0 aliphatic heterocycles. The third kappa shape index (κ3) is 7.52. The van der Waals surface area contributed by atoms with Gasteiger partial charge in [0.1, 0.15) is 6.61 Å². The van der Waals surface area contributed by atoms with E-state index < -0.39 is 6.10 Å². The molecule has 0 radical (unpaired) electrons. The Hall–Kier alpha value is -2.65. The van der Waals surface area contributed by atoms with Crippen LogP contribution in [0, 0.1) is 12.3 Å². The molecule has 2 aromatic rings. The normalized spacial score (nSPS) is 11.7. The van der Waals surface area contributed by atoms with Crippen LogP contribution in [0.15, 0.2) is 48.6 Å². The van der Waals surface area contributed by atoms with Gasteiger partial charge in [0.2, 0.25) is 0 Å². The van der Waals surface area contributed by atoms with Gasteiger partial charge in [-0.25, -0.2) is 0 Å². The summed E-state index contributed by atoms with van der Waals surface area (Å²) >= 11 is 12.1. The number of ether oxygens (including phenoxy) is 3. The summed E-state index contributed by atoms with van der Waals surface area (Å²) < 4.78 is 16.6. The van der Waals surface area contributed by atoms with Gasteiger partial charge in [0, 0.05) is 6.54 Å². The first-order valence-corrected chi connectivity index (χ1v) is 10.4. The highest BCUT2D eigenvalue weighted by molar-refractivity contribution is 6.42. The number of nitrogens with one attached hydrogen (secondary N) is 1. The van der Waals surface area contributed by atoms with E-state index in [2.05, 4.69) is 11.2 Å². The van der Waals surface area contributed by atoms with Gasteiger partial charge in [-0.05, 0) is 48.7 Å². The summed E-state index contributed by atoms with van der Waals surface area (Å²) in [4.78, 5) is 12.8. The number of benzene rings is 2. The van der Waals surface area contributed by atoms with Gasteiger partial charge < -0.3 is 19.5 Å². The summed E-state index contributed by atoms with van der Waals surface area (Å²) in [5.74, 6) is 3.32. The van der Waals surface area contributed by atoms with Crippen molar-refractivity contribution in [2.45, 2.75) is 19.4 Å². The van der Waals surface area contributed by atoms with Crippen LogP contribution in [0.2, 0.25) is 10.0 Å². The highest BCUT2D eigenvalue weighted by Crippen LogP contribution is 2.29. The van der Waals surface area contributed by atoms with Crippen molar-refractivity contribution < 1.29 is 19.0 Å². The standard InChI is InChI=1S/C24H25Cl2NO4/c1-4-6-14-31-23(18-8-9-19(25)20(26)16-18)24(28)27-12-11-17-7-10-21(30-13-5-2)22(15-17)29-3/h2,4,6-10,15-16,23H,11-14H2,1,3H3,(H,27,28)/b6-4+. The Morgan fingerprint density at radius 2 is 2.00 bits per heavy atom. The second-order valence-electron chi connectivity index (χ2n) is 6.47. The van der Waals surface area contributed by atoms with E-state index in [0.717, 1.165) is 5.56 Å². The van der Waals surface area contributed by atoms with E-state index in [1.165, 1.54) is 0 Å². The molecule has 164 valence electrons. The highest BCUT2D eigenvalue weighted by Gasteiger charge is 2.21. The maximum Gasteiger partial charge on any atom is 0.253 e. The minimum absolute atomic E-state index is 0.162. The van der Waals surface area contributed by atoms with Crippen molar-refractivity contribution in [3.8, 4) is 23.8 Å². The molecular formula is C24H25Cl2NO4. The Bertz CT molecular complexity index is 953. The average molecular weight is 462 g/mol. The van der Waals surface area contributed by atoms with Gasteiger partial charge in [0.05, 0.1) is 23.8 Å². The van der Waals surface area contributed by atoms with Gasteiger partial charge in [0.25, 0.3) is 5.91 Å². The molecule has 31 heavy (non-hydrogen) atoms. The van der Waals surface area contributed by atoms with Gasteiger partial charge in [-0.2, -0.15) is 0 Å². The summed E-state index contributed by atoms with van der Waals surface area (Å²) in [6, 6.07) is 10.6. The summed E-state index contributed by atoms with van der Waals surface area (Å²) in [5, 5.41) is 3.70. The van der Waals surface area contributed by atoms with Gasteiger partial charge >= 0.3 is 0 Å². The lowest BCUT2D eigenvalue weighted by atomic mass is 10.1. The molecule has 1 amide bonds. The predicted octanol–water partition coefficient (Wildman–Crippen LogP) is 5.01. The topological polar surface area (TPSA) is 56.8 Å². The first kappa shape index (κ1) is 24.6. The monoisotopic (exact) mass is 461 g/mol. The number of methoxy groups -OCH3 is 1. The zero-order valence-electron chi connectivity index (χ0n) is 17.5. The molecule has 2 rings (SSSR count). The number of terminal acetylenes is 1. The Morgan fingerprint density at radius 1 is 1.19 bits per heavy atom. The van der Waals surface area contributed by atoms with Crippen LogP contribution in [0.4, 0.5) is 0 Å². The van der Waals surface area contributed by atoms with Crippen LogP contribution in [0.3, 0.4) is 0 Å².